The molecule has 1 aromatic carbocycles. The van der Waals surface area contributed by atoms with E-state index in [9.17, 15) is 9.59 Å². The first kappa shape index (κ1) is 15.5. The fourth-order valence-corrected chi connectivity index (χ4v) is 2.61. The number of carboxylic acids is 1. The smallest absolute Gasteiger partial charge is 0.309 e. The molecule has 0 bridgehead atoms. The Morgan fingerprint density at radius 2 is 1.90 bits per heavy atom. The Balaban J connectivity index is 2.06. The highest BCUT2D eigenvalue weighted by Gasteiger charge is 2.33. The van der Waals surface area contributed by atoms with Gasteiger partial charge in [-0.1, -0.05) is 36.8 Å². The Kier molecular flexibility index (Phi) is 4.66. The number of carbonyl (C=O) groups excluding carboxylic acids is 1. The van der Waals surface area contributed by atoms with Gasteiger partial charge in [0.05, 0.1) is 11.5 Å². The standard InChI is InChI=1S/C17H23NO3/c1-17(2,16(20)21)11-14(19)18-15(13-9-6-10-13)12-7-4-3-5-8-12/h3-5,7-8,13,15H,6,9-11H2,1-2H3,(H,18,19)(H,20,21)/t15-/m1/s1. The first-order chi connectivity index (χ1) is 9.90. The van der Waals surface area contributed by atoms with Crippen molar-refractivity contribution in [2.75, 3.05) is 0 Å². The Labute approximate surface area is 125 Å². The number of benzene rings is 1. The van der Waals surface area contributed by atoms with Crippen molar-refractivity contribution in [1.29, 1.82) is 0 Å². The molecule has 1 atom stereocenters. The van der Waals surface area contributed by atoms with Crippen LogP contribution in [0, 0.1) is 11.3 Å². The minimum absolute atomic E-state index is 0.00160. The molecule has 0 aliphatic heterocycles. The van der Waals surface area contributed by atoms with E-state index >= 15 is 0 Å². The topological polar surface area (TPSA) is 66.4 Å². The second-order valence-corrected chi connectivity index (χ2v) is 6.51. The summed E-state index contributed by atoms with van der Waals surface area (Å²) in [4.78, 5) is 23.4. The van der Waals surface area contributed by atoms with Crippen LogP contribution in [0.3, 0.4) is 0 Å². The maximum absolute atomic E-state index is 12.2. The summed E-state index contributed by atoms with van der Waals surface area (Å²) in [5.74, 6) is -0.676. The van der Waals surface area contributed by atoms with Crippen molar-refractivity contribution in [2.24, 2.45) is 11.3 Å². The molecule has 114 valence electrons. The molecular formula is C17H23NO3. The van der Waals surface area contributed by atoms with Gasteiger partial charge >= 0.3 is 5.97 Å². The summed E-state index contributed by atoms with van der Waals surface area (Å²) in [5.41, 5.74) is 0.0639. The van der Waals surface area contributed by atoms with Gasteiger partial charge in [0.15, 0.2) is 0 Å². The second kappa shape index (κ2) is 6.29. The highest BCUT2D eigenvalue weighted by Crippen LogP contribution is 2.38. The quantitative estimate of drug-likeness (QED) is 0.845. The summed E-state index contributed by atoms with van der Waals surface area (Å²) >= 11 is 0. The van der Waals surface area contributed by atoms with Crippen molar-refractivity contribution in [3.63, 3.8) is 0 Å². The van der Waals surface area contributed by atoms with E-state index in [2.05, 4.69) is 5.32 Å². The zero-order chi connectivity index (χ0) is 15.5. The molecule has 0 saturated heterocycles. The van der Waals surface area contributed by atoms with Crippen LogP contribution in [0.15, 0.2) is 30.3 Å². The average molecular weight is 289 g/mol. The van der Waals surface area contributed by atoms with Gasteiger partial charge in [-0.2, -0.15) is 0 Å². The van der Waals surface area contributed by atoms with Gasteiger partial charge in [-0.15, -0.1) is 0 Å². The lowest BCUT2D eigenvalue weighted by molar-refractivity contribution is -0.149. The van der Waals surface area contributed by atoms with Crippen molar-refractivity contribution >= 4 is 11.9 Å². The molecule has 4 heteroatoms. The van der Waals surface area contributed by atoms with Gasteiger partial charge in [-0.05, 0) is 38.2 Å². The molecule has 1 aromatic rings. The number of hydrogen-bond donors (Lipinski definition) is 2. The molecule has 21 heavy (non-hydrogen) atoms. The number of hydrogen-bond acceptors (Lipinski definition) is 2. The van der Waals surface area contributed by atoms with E-state index < -0.39 is 11.4 Å². The van der Waals surface area contributed by atoms with Gasteiger partial charge in [0, 0.05) is 6.42 Å². The maximum Gasteiger partial charge on any atom is 0.309 e. The van der Waals surface area contributed by atoms with Gasteiger partial charge in [0.25, 0.3) is 0 Å². The third kappa shape index (κ3) is 3.84. The number of carboxylic acid groups (broad SMARTS) is 1. The predicted molar refractivity (Wildman–Crippen MR) is 80.7 cm³/mol. The predicted octanol–water partition coefficient (Wildman–Crippen LogP) is 3.14. The molecule has 0 unspecified atom stereocenters. The van der Waals surface area contributed by atoms with E-state index in [-0.39, 0.29) is 18.4 Å². The van der Waals surface area contributed by atoms with Crippen molar-refractivity contribution in [3.8, 4) is 0 Å². The first-order valence-electron chi connectivity index (χ1n) is 7.48. The number of rotatable bonds is 6. The molecule has 1 aliphatic carbocycles. The van der Waals surface area contributed by atoms with E-state index in [0.29, 0.717) is 5.92 Å². The Morgan fingerprint density at radius 1 is 1.29 bits per heavy atom. The van der Waals surface area contributed by atoms with E-state index in [4.69, 9.17) is 5.11 Å². The van der Waals surface area contributed by atoms with Crippen molar-refractivity contribution < 1.29 is 14.7 Å². The van der Waals surface area contributed by atoms with E-state index in [0.717, 1.165) is 18.4 Å². The first-order valence-corrected chi connectivity index (χ1v) is 7.48. The molecule has 1 amide bonds. The van der Waals surface area contributed by atoms with Gasteiger partial charge in [-0.25, -0.2) is 0 Å². The van der Waals surface area contributed by atoms with Crippen LogP contribution in [0.25, 0.3) is 0 Å². The fourth-order valence-electron chi connectivity index (χ4n) is 2.61. The van der Waals surface area contributed by atoms with E-state index in [1.165, 1.54) is 6.42 Å². The summed E-state index contributed by atoms with van der Waals surface area (Å²) in [6.07, 6.45) is 3.42. The molecule has 0 spiro atoms. The molecule has 0 heterocycles. The maximum atomic E-state index is 12.2. The summed E-state index contributed by atoms with van der Waals surface area (Å²) in [5, 5.41) is 12.2. The lowest BCUT2D eigenvalue weighted by Crippen LogP contribution is -2.39. The highest BCUT2D eigenvalue weighted by atomic mass is 16.4. The Morgan fingerprint density at radius 3 is 2.38 bits per heavy atom. The number of nitrogens with one attached hydrogen (secondary N) is 1. The average Bonchev–Trinajstić information content (AvgIpc) is 2.36. The van der Waals surface area contributed by atoms with Crippen LogP contribution in [0.4, 0.5) is 0 Å². The molecule has 0 aromatic heterocycles. The Hall–Kier alpha value is -1.84. The van der Waals surface area contributed by atoms with E-state index in [1.54, 1.807) is 13.8 Å². The fraction of sp³-hybridized carbons (Fsp3) is 0.529. The van der Waals surface area contributed by atoms with Crippen molar-refractivity contribution in [3.05, 3.63) is 35.9 Å². The molecule has 0 radical (unpaired) electrons. The molecule has 1 saturated carbocycles. The normalized spacial score (nSPS) is 16.9. The van der Waals surface area contributed by atoms with Gasteiger partial charge < -0.3 is 10.4 Å². The van der Waals surface area contributed by atoms with Crippen LogP contribution in [0.1, 0.15) is 51.1 Å². The molecule has 2 N–H and O–H groups in total. The lowest BCUT2D eigenvalue weighted by atomic mass is 9.77. The highest BCUT2D eigenvalue weighted by molar-refractivity contribution is 5.84. The number of aliphatic carboxylic acids is 1. The van der Waals surface area contributed by atoms with Gasteiger partial charge in [0.2, 0.25) is 5.91 Å². The SMILES string of the molecule is CC(C)(CC(=O)N[C@H](c1ccccc1)C1CCC1)C(=O)O. The van der Waals surface area contributed by atoms with Gasteiger partial charge in [0.1, 0.15) is 0 Å². The third-order valence-corrected chi connectivity index (χ3v) is 4.28. The minimum Gasteiger partial charge on any atom is -0.481 e. The zero-order valence-corrected chi connectivity index (χ0v) is 12.6. The molecular weight excluding hydrogens is 266 g/mol. The van der Waals surface area contributed by atoms with E-state index in [1.807, 2.05) is 30.3 Å². The zero-order valence-electron chi connectivity index (χ0n) is 12.6. The Bertz CT molecular complexity index is 506. The number of carbonyl (C=O) groups is 2. The summed E-state index contributed by atoms with van der Waals surface area (Å²) in [7, 11) is 0. The number of amides is 1. The van der Waals surface area contributed by atoms with Crippen molar-refractivity contribution in [1.82, 2.24) is 5.32 Å². The lowest BCUT2D eigenvalue weighted by Gasteiger charge is -2.35. The largest absolute Gasteiger partial charge is 0.481 e. The van der Waals surface area contributed by atoms with Crippen LogP contribution in [-0.2, 0) is 9.59 Å². The summed E-state index contributed by atoms with van der Waals surface area (Å²) in [6, 6.07) is 9.92. The van der Waals surface area contributed by atoms with Gasteiger partial charge in [-0.3, -0.25) is 9.59 Å². The van der Waals surface area contributed by atoms with Crippen LogP contribution < -0.4 is 5.32 Å². The van der Waals surface area contributed by atoms with Crippen LogP contribution in [0.5, 0.6) is 0 Å². The third-order valence-electron chi connectivity index (χ3n) is 4.28. The minimum atomic E-state index is -1.04. The summed E-state index contributed by atoms with van der Waals surface area (Å²) < 4.78 is 0. The molecule has 4 nitrogen and oxygen atoms in total. The molecule has 2 rings (SSSR count). The second-order valence-electron chi connectivity index (χ2n) is 6.51. The van der Waals surface area contributed by atoms with Crippen LogP contribution in [0.2, 0.25) is 0 Å². The summed E-state index contributed by atoms with van der Waals surface area (Å²) in [6.45, 7) is 3.16. The van der Waals surface area contributed by atoms with Crippen LogP contribution >= 0.6 is 0 Å². The monoisotopic (exact) mass is 289 g/mol. The molecule has 1 aliphatic rings. The molecule has 1 fully saturated rings. The van der Waals surface area contributed by atoms with Crippen LogP contribution in [-0.4, -0.2) is 17.0 Å². The van der Waals surface area contributed by atoms with Crippen molar-refractivity contribution in [2.45, 2.75) is 45.6 Å².